The third kappa shape index (κ3) is 8.51. The van der Waals surface area contributed by atoms with Crippen LogP contribution in [0.25, 0.3) is 22.3 Å². The summed E-state index contributed by atoms with van der Waals surface area (Å²) in [6.45, 7) is 8.21. The molecule has 0 radical (unpaired) electrons. The quantitative estimate of drug-likeness (QED) is 0.201. The van der Waals surface area contributed by atoms with Crippen LogP contribution in [0.5, 0.6) is 0 Å². The van der Waals surface area contributed by atoms with Gasteiger partial charge in [0.1, 0.15) is 0 Å². The average Bonchev–Trinajstić information content (AvgIpc) is 3.80. The van der Waals surface area contributed by atoms with Crippen LogP contribution in [0.3, 0.4) is 0 Å². The summed E-state index contributed by atoms with van der Waals surface area (Å²) in [5, 5.41) is 28.3. The Kier molecular flexibility index (Phi) is 11.2. The number of aromatic nitrogens is 8. The summed E-state index contributed by atoms with van der Waals surface area (Å²) in [6, 6.07) is 38.1. The Balaban J connectivity index is 0.000000182. The molecule has 2 heterocycles. The van der Waals surface area contributed by atoms with Crippen LogP contribution in [-0.4, -0.2) is 41.2 Å². The van der Waals surface area contributed by atoms with Gasteiger partial charge in [0, 0.05) is 11.8 Å². The van der Waals surface area contributed by atoms with Crippen molar-refractivity contribution in [2.45, 2.75) is 52.4 Å². The number of hydrogen-bond donors (Lipinski definition) is 2. The molecule has 0 aliphatic carbocycles. The lowest BCUT2D eigenvalue weighted by molar-refractivity contribution is 0.700. The average molecular weight is 559 g/mol. The molecular weight excluding hydrogens is 520 g/mol. The molecule has 2 atom stereocenters. The van der Waals surface area contributed by atoms with Gasteiger partial charge in [0.05, 0.1) is 0 Å². The van der Waals surface area contributed by atoms with E-state index in [-0.39, 0.29) is 11.8 Å². The fourth-order valence-electron chi connectivity index (χ4n) is 4.57. The molecule has 4 aromatic carbocycles. The lowest BCUT2D eigenvalue weighted by atomic mass is 9.98. The zero-order valence-corrected chi connectivity index (χ0v) is 24.6. The summed E-state index contributed by atoms with van der Waals surface area (Å²) in [5.74, 6) is 2.04. The van der Waals surface area contributed by atoms with Crippen LogP contribution in [0.15, 0.2) is 109 Å². The largest absolute Gasteiger partial charge is 0.177 e. The first-order valence-electron chi connectivity index (χ1n) is 14.4. The van der Waals surface area contributed by atoms with Crippen molar-refractivity contribution in [1.82, 2.24) is 41.2 Å². The summed E-state index contributed by atoms with van der Waals surface area (Å²) < 4.78 is 0. The fourth-order valence-corrected chi connectivity index (χ4v) is 4.57. The maximum atomic E-state index is 4.03. The van der Waals surface area contributed by atoms with Crippen molar-refractivity contribution in [1.29, 1.82) is 0 Å². The van der Waals surface area contributed by atoms with Gasteiger partial charge >= 0.3 is 0 Å². The number of rotatable bonds is 8. The van der Waals surface area contributed by atoms with Crippen molar-refractivity contribution in [3.63, 3.8) is 0 Å². The van der Waals surface area contributed by atoms with Gasteiger partial charge in [-0.1, -0.05) is 147 Å². The minimum atomic E-state index is 0.260. The molecular formula is C34H38N8. The van der Waals surface area contributed by atoms with Gasteiger partial charge in [-0.25, -0.2) is 0 Å². The van der Waals surface area contributed by atoms with E-state index in [1.807, 2.05) is 26.0 Å². The Bertz CT molecular complexity index is 1410. The standard InChI is InChI=1S/2C16H16N4.C2H6/c2*1-12(16-17-19-20-18-16)11-13-7-9-15(10-8-13)14-5-3-2-4-6-14;1-2/h2*2-10,12H,11H2,1H3,(H,17,18,19,20);1-2H3/t2*12-;/m00./s1. The number of nitrogens with zero attached hydrogens (tertiary/aromatic N) is 6. The highest BCUT2D eigenvalue weighted by atomic mass is 15.5. The van der Waals surface area contributed by atoms with E-state index in [1.54, 1.807) is 0 Å². The van der Waals surface area contributed by atoms with Crippen LogP contribution in [-0.2, 0) is 12.8 Å². The van der Waals surface area contributed by atoms with Gasteiger partial charge in [0.2, 0.25) is 0 Å². The fraction of sp³-hybridized carbons (Fsp3) is 0.235. The summed E-state index contributed by atoms with van der Waals surface area (Å²) in [4.78, 5) is 0. The highest BCUT2D eigenvalue weighted by Gasteiger charge is 2.12. The second-order valence-corrected chi connectivity index (χ2v) is 9.88. The Morgan fingerprint density at radius 1 is 0.476 bits per heavy atom. The van der Waals surface area contributed by atoms with Crippen LogP contribution in [0.2, 0.25) is 0 Å². The molecule has 0 saturated carbocycles. The van der Waals surface area contributed by atoms with Gasteiger partial charge in [0.25, 0.3) is 0 Å². The highest BCUT2D eigenvalue weighted by Crippen LogP contribution is 2.23. The molecule has 2 N–H and O–H groups in total. The Morgan fingerprint density at radius 3 is 1.12 bits per heavy atom. The third-order valence-electron chi connectivity index (χ3n) is 6.81. The van der Waals surface area contributed by atoms with Gasteiger partial charge in [-0.2, -0.15) is 10.4 Å². The molecule has 6 aromatic rings. The van der Waals surface area contributed by atoms with Crippen molar-refractivity contribution < 1.29 is 0 Å². The topological polar surface area (TPSA) is 109 Å². The van der Waals surface area contributed by atoms with Crippen LogP contribution in [0.1, 0.15) is 62.3 Å². The van der Waals surface area contributed by atoms with Crippen LogP contribution in [0, 0.1) is 0 Å². The molecule has 0 aliphatic heterocycles. The highest BCUT2D eigenvalue weighted by molar-refractivity contribution is 5.64. The molecule has 0 saturated heterocycles. The molecule has 0 spiro atoms. The molecule has 6 rings (SSSR count). The van der Waals surface area contributed by atoms with E-state index in [2.05, 4.69) is 152 Å². The number of aromatic amines is 2. The molecule has 2 aromatic heterocycles. The number of benzene rings is 4. The SMILES string of the molecule is CC.C[C@@H](Cc1ccc(-c2ccccc2)cc1)c1nn[nH]n1.C[C@@H](Cc1ccc(-c2ccccc2)cc1)c1nn[nH]n1. The molecule has 0 unspecified atom stereocenters. The second kappa shape index (κ2) is 15.7. The number of tetrazole rings is 2. The second-order valence-electron chi connectivity index (χ2n) is 9.88. The molecule has 0 bridgehead atoms. The van der Waals surface area contributed by atoms with Gasteiger partial charge in [0.15, 0.2) is 11.6 Å². The Morgan fingerprint density at radius 2 is 0.810 bits per heavy atom. The maximum absolute atomic E-state index is 4.03. The maximum Gasteiger partial charge on any atom is 0.177 e. The molecule has 214 valence electrons. The third-order valence-corrected chi connectivity index (χ3v) is 6.81. The van der Waals surface area contributed by atoms with Crippen LogP contribution < -0.4 is 0 Å². The summed E-state index contributed by atoms with van der Waals surface area (Å²) in [7, 11) is 0. The van der Waals surface area contributed by atoms with Crippen LogP contribution in [0.4, 0.5) is 0 Å². The number of H-pyrrole nitrogens is 2. The molecule has 8 heteroatoms. The van der Waals surface area contributed by atoms with Gasteiger partial charge in [-0.3, -0.25) is 0 Å². The van der Waals surface area contributed by atoms with E-state index in [0.29, 0.717) is 0 Å². The van der Waals surface area contributed by atoms with Gasteiger partial charge < -0.3 is 0 Å². The summed E-state index contributed by atoms with van der Waals surface area (Å²) in [5.41, 5.74) is 7.52. The van der Waals surface area contributed by atoms with Crippen molar-refractivity contribution >= 4 is 0 Å². The monoisotopic (exact) mass is 558 g/mol. The molecule has 0 amide bonds. The zero-order valence-electron chi connectivity index (χ0n) is 24.6. The lowest BCUT2D eigenvalue weighted by Gasteiger charge is -2.08. The van der Waals surface area contributed by atoms with Crippen molar-refractivity contribution in [3.05, 3.63) is 132 Å². The molecule has 0 aliphatic rings. The number of nitrogens with one attached hydrogen (secondary N) is 2. The minimum absolute atomic E-state index is 0.260. The van der Waals surface area contributed by atoms with E-state index in [0.717, 1.165) is 24.5 Å². The van der Waals surface area contributed by atoms with Crippen molar-refractivity contribution in [2.24, 2.45) is 0 Å². The first kappa shape index (κ1) is 30.0. The normalized spacial score (nSPS) is 11.8. The molecule has 0 fully saturated rings. The van der Waals surface area contributed by atoms with E-state index >= 15 is 0 Å². The van der Waals surface area contributed by atoms with E-state index < -0.39 is 0 Å². The van der Waals surface area contributed by atoms with Crippen molar-refractivity contribution in [3.8, 4) is 22.3 Å². The lowest BCUT2D eigenvalue weighted by Crippen LogP contribution is -2.00. The summed E-state index contributed by atoms with van der Waals surface area (Å²) in [6.07, 6.45) is 1.82. The molecule has 8 nitrogen and oxygen atoms in total. The predicted molar refractivity (Wildman–Crippen MR) is 168 cm³/mol. The predicted octanol–water partition coefficient (Wildman–Crippen LogP) is 7.45. The number of hydrogen-bond acceptors (Lipinski definition) is 6. The minimum Gasteiger partial charge on any atom is -0.177 e. The van der Waals surface area contributed by atoms with E-state index in [9.17, 15) is 0 Å². The smallest absolute Gasteiger partial charge is 0.177 e. The van der Waals surface area contributed by atoms with Crippen LogP contribution >= 0.6 is 0 Å². The Hall–Kier alpha value is -4.98. The molecule has 42 heavy (non-hydrogen) atoms. The van der Waals surface area contributed by atoms with Crippen molar-refractivity contribution in [2.75, 3.05) is 0 Å². The summed E-state index contributed by atoms with van der Waals surface area (Å²) >= 11 is 0. The van der Waals surface area contributed by atoms with E-state index in [4.69, 9.17) is 0 Å². The first-order valence-corrected chi connectivity index (χ1v) is 14.4. The zero-order chi connectivity index (χ0) is 29.6. The Labute approximate surface area is 247 Å². The van der Waals surface area contributed by atoms with Gasteiger partial charge in [-0.15, -0.1) is 20.4 Å². The van der Waals surface area contributed by atoms with Gasteiger partial charge in [-0.05, 0) is 46.2 Å². The first-order chi connectivity index (χ1) is 20.7. The van der Waals surface area contributed by atoms with E-state index in [1.165, 1.54) is 33.4 Å².